The van der Waals surface area contributed by atoms with Crippen molar-refractivity contribution in [3.8, 4) is 0 Å². The molecule has 0 N–H and O–H groups in total. The maximum absolute atomic E-state index is 12.5. The number of hydrogen-bond acceptors (Lipinski definition) is 5. The molecule has 144 valence electrons. The van der Waals surface area contributed by atoms with E-state index in [1.807, 2.05) is 29.2 Å². The zero-order valence-corrected chi connectivity index (χ0v) is 16.1. The highest BCUT2D eigenvalue weighted by Crippen LogP contribution is 2.27. The van der Waals surface area contributed by atoms with Gasteiger partial charge in [0.1, 0.15) is 0 Å². The van der Waals surface area contributed by atoms with Crippen molar-refractivity contribution < 1.29 is 14.0 Å². The van der Waals surface area contributed by atoms with E-state index in [0.717, 1.165) is 31.5 Å². The summed E-state index contributed by atoms with van der Waals surface area (Å²) in [6.45, 7) is 3.24. The quantitative estimate of drug-likeness (QED) is 0.807. The van der Waals surface area contributed by atoms with E-state index in [0.29, 0.717) is 30.2 Å². The zero-order chi connectivity index (χ0) is 19.4. The fourth-order valence-corrected chi connectivity index (χ4v) is 3.33. The number of rotatable bonds is 5. The first-order chi connectivity index (χ1) is 12.9. The van der Waals surface area contributed by atoms with Gasteiger partial charge in [-0.2, -0.15) is 0 Å². The van der Waals surface area contributed by atoms with Gasteiger partial charge in [-0.3, -0.25) is 9.59 Å². The molecule has 1 saturated heterocycles. The summed E-state index contributed by atoms with van der Waals surface area (Å²) in [5, 5.41) is 7.98. The molecule has 1 aliphatic rings. The summed E-state index contributed by atoms with van der Waals surface area (Å²) in [5.41, 5.74) is 1.73. The van der Waals surface area contributed by atoms with Crippen LogP contribution in [0.3, 0.4) is 0 Å². The maximum atomic E-state index is 12.5. The molecular weight excluding hydrogens is 344 g/mol. The van der Waals surface area contributed by atoms with Crippen molar-refractivity contribution in [2.75, 3.05) is 27.2 Å². The van der Waals surface area contributed by atoms with Gasteiger partial charge in [-0.05, 0) is 37.0 Å². The molecule has 7 nitrogen and oxygen atoms in total. The van der Waals surface area contributed by atoms with Crippen LogP contribution in [0.15, 0.2) is 28.7 Å². The van der Waals surface area contributed by atoms with Crippen LogP contribution in [0.25, 0.3) is 0 Å². The number of hydrogen-bond donors (Lipinski definition) is 0. The molecule has 0 radical (unpaired) electrons. The van der Waals surface area contributed by atoms with Crippen molar-refractivity contribution in [2.24, 2.45) is 0 Å². The van der Waals surface area contributed by atoms with Crippen LogP contribution in [-0.2, 0) is 11.2 Å². The lowest BCUT2D eigenvalue weighted by atomic mass is 9.96. The minimum Gasteiger partial charge on any atom is -0.425 e. The van der Waals surface area contributed by atoms with E-state index in [-0.39, 0.29) is 17.7 Å². The third kappa shape index (κ3) is 4.72. The SMILES string of the molecule is Cc1nnc(C2CCN(C(=O)CCc3ccc(C(=O)N(C)C)cc3)CC2)o1. The monoisotopic (exact) mass is 370 g/mol. The summed E-state index contributed by atoms with van der Waals surface area (Å²) < 4.78 is 5.51. The molecule has 0 bridgehead atoms. The highest BCUT2D eigenvalue weighted by Gasteiger charge is 2.26. The van der Waals surface area contributed by atoms with E-state index < -0.39 is 0 Å². The normalized spacial score (nSPS) is 15.0. The fraction of sp³-hybridized carbons (Fsp3) is 0.500. The second-order valence-corrected chi connectivity index (χ2v) is 7.21. The van der Waals surface area contributed by atoms with E-state index >= 15 is 0 Å². The van der Waals surface area contributed by atoms with Crippen LogP contribution < -0.4 is 0 Å². The van der Waals surface area contributed by atoms with Gasteiger partial charge in [0, 0.05) is 52.0 Å². The Morgan fingerprint density at radius 2 is 1.81 bits per heavy atom. The Morgan fingerprint density at radius 3 is 2.37 bits per heavy atom. The second-order valence-electron chi connectivity index (χ2n) is 7.21. The molecule has 2 amide bonds. The Balaban J connectivity index is 1.46. The molecule has 27 heavy (non-hydrogen) atoms. The zero-order valence-electron chi connectivity index (χ0n) is 16.1. The minimum atomic E-state index is -0.0167. The van der Waals surface area contributed by atoms with Gasteiger partial charge in [0.25, 0.3) is 5.91 Å². The van der Waals surface area contributed by atoms with Gasteiger partial charge in [0.2, 0.25) is 17.7 Å². The number of aryl methyl sites for hydroxylation is 2. The van der Waals surface area contributed by atoms with Crippen molar-refractivity contribution in [1.29, 1.82) is 0 Å². The number of amides is 2. The molecular formula is C20H26N4O3. The van der Waals surface area contributed by atoms with Crippen molar-refractivity contribution >= 4 is 11.8 Å². The van der Waals surface area contributed by atoms with Gasteiger partial charge in [-0.1, -0.05) is 12.1 Å². The Kier molecular flexibility index (Phi) is 5.88. The van der Waals surface area contributed by atoms with Crippen LogP contribution in [0.2, 0.25) is 0 Å². The molecule has 3 rings (SSSR count). The number of aromatic nitrogens is 2. The molecule has 7 heteroatoms. The van der Waals surface area contributed by atoms with E-state index in [2.05, 4.69) is 10.2 Å². The molecule has 1 aliphatic heterocycles. The van der Waals surface area contributed by atoms with E-state index in [1.54, 1.807) is 25.9 Å². The van der Waals surface area contributed by atoms with Crippen molar-refractivity contribution in [3.05, 3.63) is 47.2 Å². The number of piperidine rings is 1. The lowest BCUT2D eigenvalue weighted by Gasteiger charge is -2.30. The first-order valence-corrected chi connectivity index (χ1v) is 9.32. The van der Waals surface area contributed by atoms with Gasteiger partial charge < -0.3 is 14.2 Å². The van der Waals surface area contributed by atoms with Crippen molar-refractivity contribution in [3.63, 3.8) is 0 Å². The van der Waals surface area contributed by atoms with E-state index in [4.69, 9.17) is 4.42 Å². The molecule has 0 spiro atoms. The number of benzene rings is 1. The number of carbonyl (C=O) groups excluding carboxylic acids is 2. The third-order valence-electron chi connectivity index (χ3n) is 4.97. The maximum Gasteiger partial charge on any atom is 0.253 e. The van der Waals surface area contributed by atoms with E-state index in [9.17, 15) is 9.59 Å². The lowest BCUT2D eigenvalue weighted by molar-refractivity contribution is -0.132. The average molecular weight is 370 g/mol. The molecule has 1 aromatic carbocycles. The predicted octanol–water partition coefficient (Wildman–Crippen LogP) is 2.42. The smallest absolute Gasteiger partial charge is 0.253 e. The molecule has 0 unspecified atom stereocenters. The number of likely N-dealkylation sites (tertiary alicyclic amines) is 1. The molecule has 2 heterocycles. The van der Waals surface area contributed by atoms with Gasteiger partial charge in [0.15, 0.2) is 0 Å². The number of carbonyl (C=O) groups is 2. The minimum absolute atomic E-state index is 0.0167. The summed E-state index contributed by atoms with van der Waals surface area (Å²) in [7, 11) is 3.47. The molecule has 2 aromatic rings. The summed E-state index contributed by atoms with van der Waals surface area (Å²) in [4.78, 5) is 27.9. The first kappa shape index (κ1) is 19.1. The van der Waals surface area contributed by atoms with Crippen LogP contribution in [0.5, 0.6) is 0 Å². The van der Waals surface area contributed by atoms with Crippen molar-refractivity contribution in [2.45, 2.75) is 38.5 Å². The largest absolute Gasteiger partial charge is 0.425 e. The topological polar surface area (TPSA) is 79.5 Å². The lowest BCUT2D eigenvalue weighted by Crippen LogP contribution is -2.38. The number of nitrogens with zero attached hydrogens (tertiary/aromatic N) is 4. The van der Waals surface area contributed by atoms with Crippen molar-refractivity contribution in [1.82, 2.24) is 20.0 Å². The van der Waals surface area contributed by atoms with Gasteiger partial charge in [-0.25, -0.2) is 0 Å². The summed E-state index contributed by atoms with van der Waals surface area (Å²) >= 11 is 0. The second kappa shape index (κ2) is 8.33. The predicted molar refractivity (Wildman–Crippen MR) is 100 cm³/mol. The van der Waals surface area contributed by atoms with Gasteiger partial charge in [-0.15, -0.1) is 10.2 Å². The molecule has 0 atom stereocenters. The third-order valence-corrected chi connectivity index (χ3v) is 4.97. The van der Waals surface area contributed by atoms with Crippen LogP contribution in [0, 0.1) is 6.92 Å². The molecule has 0 aliphatic carbocycles. The summed E-state index contributed by atoms with van der Waals surface area (Å²) in [5.74, 6) is 1.67. The molecule has 0 saturated carbocycles. The Bertz CT molecular complexity index is 790. The van der Waals surface area contributed by atoms with Crippen LogP contribution in [-0.4, -0.2) is 59.0 Å². The van der Waals surface area contributed by atoms with Crippen LogP contribution in [0.1, 0.15) is 52.9 Å². The highest BCUT2D eigenvalue weighted by atomic mass is 16.4. The summed E-state index contributed by atoms with van der Waals surface area (Å²) in [6, 6.07) is 7.49. The van der Waals surface area contributed by atoms with Gasteiger partial charge in [0.05, 0.1) is 0 Å². The van der Waals surface area contributed by atoms with Gasteiger partial charge >= 0.3 is 0 Å². The molecule has 1 aromatic heterocycles. The average Bonchev–Trinajstić information content (AvgIpc) is 3.12. The van der Waals surface area contributed by atoms with E-state index in [1.165, 1.54) is 0 Å². The first-order valence-electron chi connectivity index (χ1n) is 9.32. The standard InChI is InChI=1S/C20H26N4O3/c1-14-21-22-19(27-14)16-10-12-24(13-11-16)18(25)9-6-15-4-7-17(8-5-15)20(26)23(2)3/h4-5,7-8,16H,6,9-13H2,1-3H3. The molecule has 1 fully saturated rings. The Hall–Kier alpha value is -2.70. The fourth-order valence-electron chi connectivity index (χ4n) is 3.33. The Labute approximate surface area is 159 Å². The van der Waals surface area contributed by atoms with Crippen LogP contribution in [0.4, 0.5) is 0 Å². The highest BCUT2D eigenvalue weighted by molar-refractivity contribution is 5.93. The summed E-state index contributed by atoms with van der Waals surface area (Å²) in [6.07, 6.45) is 2.87. The Morgan fingerprint density at radius 1 is 1.15 bits per heavy atom. The van der Waals surface area contributed by atoms with Crippen LogP contribution >= 0.6 is 0 Å².